The monoisotopic (exact) mass is 440 g/mol. The Morgan fingerprint density at radius 1 is 1.09 bits per heavy atom. The fraction of sp³-hybridized carbons (Fsp3) is 0.375. The number of halogens is 1. The first kappa shape index (κ1) is 23.4. The van der Waals surface area contributed by atoms with Crippen LogP contribution in [0.4, 0.5) is 10.1 Å². The second-order valence-corrected chi connectivity index (χ2v) is 8.05. The number of amides is 3. The summed E-state index contributed by atoms with van der Waals surface area (Å²) in [5.41, 5.74) is 7.57. The maximum Gasteiger partial charge on any atom is 0.251 e. The molecule has 1 aliphatic rings. The molecule has 8 heteroatoms. The van der Waals surface area contributed by atoms with E-state index in [9.17, 15) is 18.8 Å². The molecule has 1 fully saturated rings. The van der Waals surface area contributed by atoms with Gasteiger partial charge in [-0.3, -0.25) is 19.3 Å². The van der Waals surface area contributed by atoms with Crippen LogP contribution >= 0.6 is 0 Å². The number of anilines is 1. The Balaban J connectivity index is 1.45. The summed E-state index contributed by atoms with van der Waals surface area (Å²) < 4.78 is 12.9. The summed E-state index contributed by atoms with van der Waals surface area (Å²) in [5, 5.41) is 5.68. The molecule has 32 heavy (non-hydrogen) atoms. The number of nitrogens with one attached hydrogen (secondary N) is 2. The zero-order chi connectivity index (χ0) is 22.9. The van der Waals surface area contributed by atoms with Gasteiger partial charge in [0.2, 0.25) is 11.8 Å². The number of nitrogens with zero attached hydrogens (tertiary/aromatic N) is 1. The van der Waals surface area contributed by atoms with Crippen LogP contribution in [0.3, 0.4) is 0 Å². The van der Waals surface area contributed by atoms with E-state index in [1.165, 1.54) is 24.3 Å². The smallest absolute Gasteiger partial charge is 0.251 e. The van der Waals surface area contributed by atoms with Crippen molar-refractivity contribution in [2.75, 3.05) is 25.0 Å². The van der Waals surface area contributed by atoms with Crippen LogP contribution in [0.5, 0.6) is 0 Å². The first-order valence-electron chi connectivity index (χ1n) is 10.9. The highest BCUT2D eigenvalue weighted by Crippen LogP contribution is 2.22. The third-order valence-electron chi connectivity index (χ3n) is 5.57. The van der Waals surface area contributed by atoms with E-state index in [-0.39, 0.29) is 30.1 Å². The van der Waals surface area contributed by atoms with Crippen LogP contribution in [0, 0.1) is 11.7 Å². The number of nitrogens with two attached hydrogens (primary N) is 1. The maximum atomic E-state index is 12.9. The average Bonchev–Trinajstić information content (AvgIpc) is 2.78. The fourth-order valence-electron chi connectivity index (χ4n) is 3.82. The predicted octanol–water partition coefficient (Wildman–Crippen LogP) is 2.67. The zero-order valence-electron chi connectivity index (χ0n) is 18.0. The van der Waals surface area contributed by atoms with E-state index >= 15 is 0 Å². The van der Waals surface area contributed by atoms with Crippen molar-refractivity contribution in [3.05, 3.63) is 65.5 Å². The molecule has 1 unspecified atom stereocenters. The molecule has 0 bridgehead atoms. The molecule has 2 aromatic carbocycles. The molecule has 0 spiro atoms. The summed E-state index contributed by atoms with van der Waals surface area (Å²) in [6, 6.07) is 12.9. The van der Waals surface area contributed by atoms with Gasteiger partial charge in [-0.15, -0.1) is 0 Å². The van der Waals surface area contributed by atoms with Gasteiger partial charge in [-0.1, -0.05) is 18.2 Å². The highest BCUT2D eigenvalue weighted by molar-refractivity contribution is 5.94. The molecular weight excluding hydrogens is 411 g/mol. The van der Waals surface area contributed by atoms with E-state index in [0.717, 1.165) is 30.6 Å². The van der Waals surface area contributed by atoms with Gasteiger partial charge in [0.15, 0.2) is 0 Å². The highest BCUT2D eigenvalue weighted by Gasteiger charge is 2.24. The molecule has 7 nitrogen and oxygen atoms in total. The summed E-state index contributed by atoms with van der Waals surface area (Å²) in [5.74, 6) is -1.22. The molecule has 3 amide bonds. The Labute approximate surface area is 187 Å². The summed E-state index contributed by atoms with van der Waals surface area (Å²) >= 11 is 0. The Morgan fingerprint density at radius 3 is 2.59 bits per heavy atom. The lowest BCUT2D eigenvalue weighted by molar-refractivity contribution is -0.123. The molecule has 1 saturated heterocycles. The first-order valence-corrected chi connectivity index (χ1v) is 10.9. The van der Waals surface area contributed by atoms with E-state index < -0.39 is 5.82 Å². The van der Waals surface area contributed by atoms with Crippen molar-refractivity contribution < 1.29 is 18.8 Å². The maximum absolute atomic E-state index is 12.9. The van der Waals surface area contributed by atoms with E-state index in [1.54, 1.807) is 0 Å². The van der Waals surface area contributed by atoms with Crippen LogP contribution < -0.4 is 16.4 Å². The number of hydrogen-bond acceptors (Lipinski definition) is 4. The minimum absolute atomic E-state index is 0.129. The van der Waals surface area contributed by atoms with E-state index in [2.05, 4.69) is 15.5 Å². The van der Waals surface area contributed by atoms with Gasteiger partial charge < -0.3 is 16.4 Å². The summed E-state index contributed by atoms with van der Waals surface area (Å²) in [6.07, 6.45) is 2.48. The van der Waals surface area contributed by atoms with Gasteiger partial charge in [0.1, 0.15) is 5.82 Å². The van der Waals surface area contributed by atoms with E-state index in [1.807, 2.05) is 24.3 Å². The number of rotatable bonds is 9. The van der Waals surface area contributed by atoms with Gasteiger partial charge in [0.25, 0.3) is 5.91 Å². The fourth-order valence-corrected chi connectivity index (χ4v) is 3.82. The molecule has 0 aliphatic carbocycles. The molecule has 1 aliphatic heterocycles. The molecule has 0 radical (unpaired) electrons. The largest absolute Gasteiger partial charge is 0.369 e. The lowest BCUT2D eigenvalue weighted by atomic mass is 9.97. The number of piperidine rings is 1. The normalized spacial score (nSPS) is 16.3. The van der Waals surface area contributed by atoms with Crippen LogP contribution in [0.1, 0.15) is 41.6 Å². The minimum Gasteiger partial charge on any atom is -0.369 e. The second kappa shape index (κ2) is 11.4. The molecule has 2 aromatic rings. The number of primary amides is 1. The number of para-hydroxylation sites is 1. The van der Waals surface area contributed by atoms with Crippen molar-refractivity contribution in [3.63, 3.8) is 0 Å². The van der Waals surface area contributed by atoms with E-state index in [4.69, 9.17) is 5.73 Å². The molecule has 3 rings (SSSR count). The average molecular weight is 441 g/mol. The van der Waals surface area contributed by atoms with Gasteiger partial charge in [0, 0.05) is 37.3 Å². The van der Waals surface area contributed by atoms with Crippen LogP contribution in [-0.4, -0.2) is 42.3 Å². The number of benzene rings is 2. The van der Waals surface area contributed by atoms with Gasteiger partial charge in [-0.05, 0) is 61.7 Å². The minimum atomic E-state index is -0.397. The van der Waals surface area contributed by atoms with Crippen molar-refractivity contribution in [1.82, 2.24) is 10.2 Å². The number of carbonyl (C=O) groups is 3. The molecule has 1 atom stereocenters. The Kier molecular flexibility index (Phi) is 8.33. The van der Waals surface area contributed by atoms with Crippen molar-refractivity contribution in [1.29, 1.82) is 0 Å². The zero-order valence-corrected chi connectivity index (χ0v) is 18.0. The lowest BCUT2D eigenvalue weighted by Crippen LogP contribution is -2.40. The van der Waals surface area contributed by atoms with Gasteiger partial charge in [0.05, 0.1) is 5.92 Å². The topological polar surface area (TPSA) is 105 Å². The predicted molar refractivity (Wildman–Crippen MR) is 120 cm³/mol. The molecular formula is C24H29FN4O3. The summed E-state index contributed by atoms with van der Waals surface area (Å²) in [6.45, 7) is 2.49. The van der Waals surface area contributed by atoms with Crippen LogP contribution in [0.2, 0.25) is 0 Å². The van der Waals surface area contributed by atoms with Gasteiger partial charge >= 0.3 is 0 Å². The van der Waals surface area contributed by atoms with Crippen molar-refractivity contribution in [2.24, 2.45) is 11.7 Å². The standard InChI is InChI=1S/C24H29FN4O3/c25-20-11-9-17(10-12-20)24(32)27-13-3-8-22(30)28-21-7-2-1-5-18(21)15-29-14-4-6-19(16-29)23(26)31/h1-2,5,7,9-12,19H,3-4,6,8,13-16H2,(H2,26,31)(H,27,32)(H,28,30). The SMILES string of the molecule is NC(=O)C1CCCN(Cc2ccccc2NC(=O)CCCNC(=O)c2ccc(F)cc2)C1. The molecule has 0 saturated carbocycles. The third-order valence-corrected chi connectivity index (χ3v) is 5.57. The van der Waals surface area contributed by atoms with Crippen molar-refractivity contribution >= 4 is 23.4 Å². The van der Waals surface area contributed by atoms with Gasteiger partial charge in [-0.25, -0.2) is 4.39 Å². The van der Waals surface area contributed by atoms with Gasteiger partial charge in [-0.2, -0.15) is 0 Å². The third kappa shape index (κ3) is 6.88. The number of hydrogen-bond donors (Lipinski definition) is 3. The molecule has 0 aromatic heterocycles. The molecule has 170 valence electrons. The van der Waals surface area contributed by atoms with Crippen molar-refractivity contribution in [2.45, 2.75) is 32.2 Å². The Morgan fingerprint density at radius 2 is 1.84 bits per heavy atom. The Bertz CT molecular complexity index is 949. The number of likely N-dealkylation sites (tertiary alicyclic amines) is 1. The van der Waals surface area contributed by atoms with E-state index in [0.29, 0.717) is 31.6 Å². The quantitative estimate of drug-likeness (QED) is 0.522. The molecule has 4 N–H and O–H groups in total. The second-order valence-electron chi connectivity index (χ2n) is 8.05. The molecule has 1 heterocycles. The van der Waals surface area contributed by atoms with Crippen LogP contribution in [-0.2, 0) is 16.1 Å². The summed E-state index contributed by atoms with van der Waals surface area (Å²) in [4.78, 5) is 38.1. The van der Waals surface area contributed by atoms with Crippen LogP contribution in [0.25, 0.3) is 0 Å². The lowest BCUT2D eigenvalue weighted by Gasteiger charge is -2.31. The van der Waals surface area contributed by atoms with Crippen LogP contribution in [0.15, 0.2) is 48.5 Å². The summed E-state index contributed by atoms with van der Waals surface area (Å²) in [7, 11) is 0. The Hall–Kier alpha value is -3.26. The first-order chi connectivity index (χ1) is 15.4. The highest BCUT2D eigenvalue weighted by atomic mass is 19.1. The number of carbonyl (C=O) groups excluding carboxylic acids is 3. The van der Waals surface area contributed by atoms with Crippen molar-refractivity contribution in [3.8, 4) is 0 Å².